The van der Waals surface area contributed by atoms with Crippen molar-refractivity contribution in [1.82, 2.24) is 0 Å². The van der Waals surface area contributed by atoms with Crippen molar-refractivity contribution in [2.75, 3.05) is 0 Å². The van der Waals surface area contributed by atoms with Gasteiger partial charge in [-0.25, -0.2) is 17.6 Å². The van der Waals surface area contributed by atoms with E-state index in [0.717, 1.165) is 18.0 Å². The lowest BCUT2D eigenvalue weighted by Gasteiger charge is -2.08. The minimum atomic E-state index is -1.82. The van der Waals surface area contributed by atoms with Crippen LogP contribution in [0.2, 0.25) is 0 Å². The predicted octanol–water partition coefficient (Wildman–Crippen LogP) is 4.46. The number of para-hydroxylation sites is 1. The average Bonchev–Trinajstić information content (AvgIpc) is 2.62. The van der Waals surface area contributed by atoms with Crippen LogP contribution in [0.3, 0.4) is 0 Å². The summed E-state index contributed by atoms with van der Waals surface area (Å²) in [4.78, 5) is 4.20. The van der Waals surface area contributed by atoms with E-state index in [-0.39, 0.29) is 10.5 Å². The third-order valence-electron chi connectivity index (χ3n) is 2.67. The van der Waals surface area contributed by atoms with Crippen molar-refractivity contribution in [2.24, 2.45) is 4.99 Å². The average molecular weight is 283 g/mol. The molecule has 0 atom stereocenters. The maximum atomic E-state index is 13.7. The first kappa shape index (κ1) is 12.2. The van der Waals surface area contributed by atoms with E-state index in [4.69, 9.17) is 0 Å². The number of hydrogen-bond donors (Lipinski definition) is 0. The molecule has 6 heteroatoms. The Morgan fingerprint density at radius 1 is 0.842 bits per heavy atom. The third kappa shape index (κ3) is 1.83. The Morgan fingerprint density at radius 2 is 1.53 bits per heavy atom. The number of fused-ring (bicyclic) bond motifs is 2. The molecule has 0 aromatic heterocycles. The molecular weight excluding hydrogens is 278 g/mol. The lowest BCUT2D eigenvalue weighted by molar-refractivity contribution is 0.398. The Hall–Kier alpha value is -1.82. The topological polar surface area (TPSA) is 12.4 Å². The predicted molar refractivity (Wildman–Crippen MR) is 64.1 cm³/mol. The maximum Gasteiger partial charge on any atom is 0.198 e. The van der Waals surface area contributed by atoms with Gasteiger partial charge in [0, 0.05) is 16.7 Å². The van der Waals surface area contributed by atoms with Gasteiger partial charge >= 0.3 is 0 Å². The van der Waals surface area contributed by atoms with E-state index in [1.165, 1.54) is 0 Å². The number of rotatable bonds is 0. The summed E-state index contributed by atoms with van der Waals surface area (Å²) >= 11 is 0.820. The molecule has 0 bridgehead atoms. The molecule has 2 aromatic carbocycles. The minimum Gasteiger partial charge on any atom is -0.255 e. The second kappa shape index (κ2) is 4.38. The Bertz CT molecular complexity index is 712. The molecule has 0 radical (unpaired) electrons. The molecule has 1 aliphatic rings. The summed E-state index contributed by atoms with van der Waals surface area (Å²) < 4.78 is 53.8. The molecule has 0 unspecified atom stereocenters. The Labute approximate surface area is 110 Å². The van der Waals surface area contributed by atoms with Crippen LogP contribution in [0.5, 0.6) is 0 Å². The SMILES string of the molecule is Fc1c(F)c(F)c2c(c1F)C=Nc1ccccc1S2. The van der Waals surface area contributed by atoms with Crippen LogP contribution in [0, 0.1) is 23.3 Å². The standard InChI is InChI=1S/C13H5F4NS/c14-9-6-5-18-7-3-1-2-4-8(7)19-13(6)12(17)11(16)10(9)15/h1-5H. The van der Waals surface area contributed by atoms with Crippen LogP contribution < -0.4 is 0 Å². The Morgan fingerprint density at radius 3 is 2.32 bits per heavy atom. The van der Waals surface area contributed by atoms with Crippen LogP contribution in [0.25, 0.3) is 0 Å². The van der Waals surface area contributed by atoms with E-state index < -0.39 is 23.3 Å². The van der Waals surface area contributed by atoms with E-state index >= 15 is 0 Å². The second-order valence-electron chi connectivity index (χ2n) is 3.83. The van der Waals surface area contributed by atoms with Gasteiger partial charge in [0.2, 0.25) is 0 Å². The largest absolute Gasteiger partial charge is 0.255 e. The van der Waals surface area contributed by atoms with Crippen molar-refractivity contribution in [2.45, 2.75) is 9.79 Å². The molecule has 0 spiro atoms. The van der Waals surface area contributed by atoms with Crippen molar-refractivity contribution < 1.29 is 17.6 Å². The van der Waals surface area contributed by atoms with Gasteiger partial charge in [0.05, 0.1) is 10.6 Å². The lowest BCUT2D eigenvalue weighted by Crippen LogP contribution is -2.04. The van der Waals surface area contributed by atoms with E-state index in [2.05, 4.69) is 4.99 Å². The van der Waals surface area contributed by atoms with Crippen LogP contribution in [0.15, 0.2) is 39.0 Å². The Kier molecular flexibility index (Phi) is 2.82. The molecule has 1 aliphatic heterocycles. The van der Waals surface area contributed by atoms with E-state index in [1.54, 1.807) is 24.3 Å². The summed E-state index contributed by atoms with van der Waals surface area (Å²) in [5.74, 6) is -6.47. The maximum absolute atomic E-state index is 13.7. The summed E-state index contributed by atoms with van der Waals surface area (Å²) in [5, 5.41) is 0. The van der Waals surface area contributed by atoms with Gasteiger partial charge < -0.3 is 0 Å². The number of benzene rings is 2. The van der Waals surface area contributed by atoms with Crippen molar-refractivity contribution in [3.63, 3.8) is 0 Å². The van der Waals surface area contributed by atoms with Gasteiger partial charge in [-0.1, -0.05) is 23.9 Å². The van der Waals surface area contributed by atoms with Crippen molar-refractivity contribution in [3.05, 3.63) is 53.1 Å². The van der Waals surface area contributed by atoms with Gasteiger partial charge in [-0.3, -0.25) is 4.99 Å². The van der Waals surface area contributed by atoms with Gasteiger partial charge in [-0.15, -0.1) is 0 Å². The monoisotopic (exact) mass is 283 g/mol. The molecule has 0 N–H and O–H groups in total. The molecule has 0 fully saturated rings. The summed E-state index contributed by atoms with van der Waals surface area (Å²) in [6, 6.07) is 6.69. The molecular formula is C13H5F4NS. The fourth-order valence-corrected chi connectivity index (χ4v) is 2.76. The number of nitrogens with zero attached hydrogens (tertiary/aromatic N) is 1. The minimum absolute atomic E-state index is 0.301. The summed E-state index contributed by atoms with van der Waals surface area (Å²) in [6.07, 6.45) is 1.01. The molecule has 0 saturated carbocycles. The van der Waals surface area contributed by atoms with Gasteiger partial charge in [-0.2, -0.15) is 0 Å². The molecule has 0 amide bonds. The molecule has 19 heavy (non-hydrogen) atoms. The molecule has 1 heterocycles. The van der Waals surface area contributed by atoms with Crippen LogP contribution >= 0.6 is 11.8 Å². The summed E-state index contributed by atoms with van der Waals surface area (Å²) in [5.41, 5.74) is 0.112. The quantitative estimate of drug-likeness (QED) is 0.337. The van der Waals surface area contributed by atoms with Crippen LogP contribution in [-0.4, -0.2) is 6.21 Å². The van der Waals surface area contributed by atoms with Crippen molar-refractivity contribution >= 4 is 23.7 Å². The molecule has 0 aliphatic carbocycles. The first-order valence-corrected chi connectivity index (χ1v) is 6.08. The van der Waals surface area contributed by atoms with Crippen molar-refractivity contribution in [3.8, 4) is 0 Å². The molecule has 2 aromatic rings. The number of hydrogen-bond acceptors (Lipinski definition) is 2. The molecule has 1 nitrogen and oxygen atoms in total. The van der Waals surface area contributed by atoms with Crippen LogP contribution in [0.4, 0.5) is 23.2 Å². The molecule has 3 rings (SSSR count). The van der Waals surface area contributed by atoms with E-state index in [0.29, 0.717) is 10.6 Å². The Balaban J connectivity index is 2.31. The number of halogens is 4. The first-order chi connectivity index (χ1) is 9.09. The van der Waals surface area contributed by atoms with Crippen molar-refractivity contribution in [1.29, 1.82) is 0 Å². The smallest absolute Gasteiger partial charge is 0.198 e. The van der Waals surface area contributed by atoms with Crippen LogP contribution in [-0.2, 0) is 0 Å². The summed E-state index contributed by atoms with van der Waals surface area (Å²) in [7, 11) is 0. The molecule has 96 valence electrons. The zero-order chi connectivity index (χ0) is 13.6. The van der Waals surface area contributed by atoms with Gasteiger partial charge in [0.1, 0.15) is 0 Å². The highest BCUT2D eigenvalue weighted by atomic mass is 32.2. The summed E-state index contributed by atoms with van der Waals surface area (Å²) in [6.45, 7) is 0. The van der Waals surface area contributed by atoms with Gasteiger partial charge in [0.15, 0.2) is 23.3 Å². The number of aliphatic imine (C=N–C) groups is 1. The fraction of sp³-hybridized carbons (Fsp3) is 0. The fourth-order valence-electron chi connectivity index (χ4n) is 1.74. The molecule has 0 saturated heterocycles. The lowest BCUT2D eigenvalue weighted by atomic mass is 10.2. The highest BCUT2D eigenvalue weighted by Gasteiger charge is 2.26. The second-order valence-corrected chi connectivity index (χ2v) is 4.88. The van der Waals surface area contributed by atoms with Crippen LogP contribution in [0.1, 0.15) is 5.56 Å². The van der Waals surface area contributed by atoms with E-state index in [1.807, 2.05) is 0 Å². The first-order valence-electron chi connectivity index (χ1n) is 5.26. The van der Waals surface area contributed by atoms with Gasteiger partial charge in [0.25, 0.3) is 0 Å². The van der Waals surface area contributed by atoms with E-state index in [9.17, 15) is 17.6 Å². The highest BCUT2D eigenvalue weighted by Crippen LogP contribution is 2.41. The zero-order valence-electron chi connectivity index (χ0n) is 9.25. The highest BCUT2D eigenvalue weighted by molar-refractivity contribution is 7.99. The normalized spacial score (nSPS) is 12.8. The van der Waals surface area contributed by atoms with Gasteiger partial charge in [-0.05, 0) is 12.1 Å². The third-order valence-corrected chi connectivity index (χ3v) is 3.84. The zero-order valence-corrected chi connectivity index (χ0v) is 10.1.